The van der Waals surface area contributed by atoms with Gasteiger partial charge in [0.05, 0.1) is 5.41 Å². The van der Waals surface area contributed by atoms with Crippen LogP contribution in [-0.4, -0.2) is 25.2 Å². The molecule has 2 aromatic rings. The molecular weight excluding hydrogens is 330 g/mol. The largest absolute Gasteiger partial charge is 0.381 e. The summed E-state index contributed by atoms with van der Waals surface area (Å²) in [4.78, 5) is 14.4. The highest BCUT2D eigenvalue weighted by molar-refractivity contribution is 7.13. The zero-order chi connectivity index (χ0) is 17.7. The lowest BCUT2D eigenvalue weighted by atomic mass is 9.73. The van der Waals surface area contributed by atoms with Crippen molar-refractivity contribution < 1.29 is 9.53 Å². The third-order valence-corrected chi connectivity index (χ3v) is 6.16. The molecule has 2 heterocycles. The number of rotatable bonds is 6. The van der Waals surface area contributed by atoms with Crippen molar-refractivity contribution >= 4 is 17.2 Å². The van der Waals surface area contributed by atoms with Crippen LogP contribution in [-0.2, 0) is 16.0 Å². The molecule has 1 saturated heterocycles. The van der Waals surface area contributed by atoms with Crippen LogP contribution in [0.2, 0.25) is 0 Å². The molecule has 0 aliphatic carbocycles. The van der Waals surface area contributed by atoms with E-state index in [4.69, 9.17) is 4.74 Å². The van der Waals surface area contributed by atoms with Gasteiger partial charge in [-0.15, -0.1) is 11.3 Å². The number of amides is 1. The predicted octanol–water partition coefficient (Wildman–Crippen LogP) is 4.67. The number of thiophene rings is 1. The Hall–Kier alpha value is -1.65. The van der Waals surface area contributed by atoms with Crippen LogP contribution in [0, 0.1) is 5.41 Å². The molecular formula is C21H27NO2S. The Balaban J connectivity index is 1.90. The molecule has 1 amide bonds. The summed E-state index contributed by atoms with van der Waals surface area (Å²) >= 11 is 1.75. The Kier molecular flexibility index (Phi) is 5.92. The zero-order valence-electron chi connectivity index (χ0n) is 15.1. The van der Waals surface area contributed by atoms with Gasteiger partial charge in [0.25, 0.3) is 0 Å². The first kappa shape index (κ1) is 18.2. The normalized spacial score (nSPS) is 17.8. The van der Waals surface area contributed by atoms with E-state index in [1.54, 1.807) is 11.3 Å². The van der Waals surface area contributed by atoms with Crippen molar-refractivity contribution in [3.05, 3.63) is 47.3 Å². The molecule has 4 heteroatoms. The fraction of sp³-hybridized carbons (Fsp3) is 0.476. The molecule has 0 radical (unpaired) electrons. The maximum Gasteiger partial charge on any atom is 0.226 e. The van der Waals surface area contributed by atoms with E-state index in [1.165, 1.54) is 16.0 Å². The Labute approximate surface area is 154 Å². The third-order valence-electron chi connectivity index (χ3n) is 5.25. The van der Waals surface area contributed by atoms with E-state index in [9.17, 15) is 4.79 Å². The van der Waals surface area contributed by atoms with Gasteiger partial charge in [0.2, 0.25) is 5.91 Å². The second-order valence-electron chi connectivity index (χ2n) is 6.99. The molecule has 1 atom stereocenters. The standard InChI is InChI=1S/C21H27NO2S/c1-3-16(2)22-20(23)21(10-12-24-13-11-21)15-17-7-4-5-8-18(17)19-9-6-14-25-19/h4-9,14,16H,3,10-13,15H2,1-2H3,(H,22,23)/t16-/m0/s1. The summed E-state index contributed by atoms with van der Waals surface area (Å²) in [6, 6.07) is 12.9. The van der Waals surface area contributed by atoms with E-state index in [1.807, 2.05) is 0 Å². The van der Waals surface area contributed by atoms with Gasteiger partial charge in [-0.3, -0.25) is 4.79 Å². The van der Waals surface area contributed by atoms with Crippen molar-refractivity contribution in [2.24, 2.45) is 5.41 Å². The van der Waals surface area contributed by atoms with Crippen molar-refractivity contribution in [3.63, 3.8) is 0 Å². The molecule has 1 aromatic carbocycles. The summed E-state index contributed by atoms with van der Waals surface area (Å²) in [7, 11) is 0. The van der Waals surface area contributed by atoms with E-state index >= 15 is 0 Å². The minimum atomic E-state index is -0.366. The van der Waals surface area contributed by atoms with Crippen molar-refractivity contribution in [2.45, 2.75) is 45.6 Å². The van der Waals surface area contributed by atoms with Crippen LogP contribution in [0.4, 0.5) is 0 Å². The Morgan fingerprint density at radius 2 is 2.00 bits per heavy atom. The molecule has 1 fully saturated rings. The topological polar surface area (TPSA) is 38.3 Å². The molecule has 0 saturated carbocycles. The van der Waals surface area contributed by atoms with E-state index in [0.29, 0.717) is 13.2 Å². The lowest BCUT2D eigenvalue weighted by Crippen LogP contribution is -2.48. The maximum atomic E-state index is 13.1. The average Bonchev–Trinajstić information content (AvgIpc) is 3.17. The SMILES string of the molecule is CC[C@H](C)NC(=O)C1(Cc2ccccc2-c2cccs2)CCOCC1. The van der Waals surface area contributed by atoms with Gasteiger partial charge in [-0.25, -0.2) is 0 Å². The average molecular weight is 358 g/mol. The molecule has 25 heavy (non-hydrogen) atoms. The molecule has 1 N–H and O–H groups in total. The molecule has 1 aliphatic heterocycles. The second-order valence-corrected chi connectivity index (χ2v) is 7.93. The fourth-order valence-corrected chi connectivity index (χ4v) is 4.22. The highest BCUT2D eigenvalue weighted by Crippen LogP contribution is 2.38. The number of carbonyl (C=O) groups excluding carboxylic acids is 1. The van der Waals surface area contributed by atoms with Crippen LogP contribution in [0.3, 0.4) is 0 Å². The van der Waals surface area contributed by atoms with E-state index in [0.717, 1.165) is 25.7 Å². The first-order chi connectivity index (χ1) is 12.1. The van der Waals surface area contributed by atoms with E-state index in [2.05, 4.69) is 60.9 Å². The quantitative estimate of drug-likeness (QED) is 0.816. The summed E-state index contributed by atoms with van der Waals surface area (Å²) in [5.41, 5.74) is 2.14. The molecule has 3 nitrogen and oxygen atoms in total. The van der Waals surface area contributed by atoms with E-state index < -0.39 is 0 Å². The summed E-state index contributed by atoms with van der Waals surface area (Å²) in [6.07, 6.45) is 3.29. The van der Waals surface area contributed by atoms with Gasteiger partial charge in [0, 0.05) is 24.1 Å². The Morgan fingerprint density at radius 1 is 1.24 bits per heavy atom. The number of hydrogen-bond acceptors (Lipinski definition) is 3. The first-order valence-corrected chi connectivity index (χ1v) is 10.0. The minimum absolute atomic E-state index is 0.186. The minimum Gasteiger partial charge on any atom is -0.381 e. The van der Waals surface area contributed by atoms with Gasteiger partial charge < -0.3 is 10.1 Å². The summed E-state index contributed by atoms with van der Waals surface area (Å²) in [5.74, 6) is 0.186. The number of hydrogen-bond donors (Lipinski definition) is 1. The smallest absolute Gasteiger partial charge is 0.226 e. The zero-order valence-corrected chi connectivity index (χ0v) is 15.9. The molecule has 1 aliphatic rings. The van der Waals surface area contributed by atoms with Crippen LogP contribution in [0.25, 0.3) is 10.4 Å². The van der Waals surface area contributed by atoms with Crippen molar-refractivity contribution in [3.8, 4) is 10.4 Å². The summed E-state index contributed by atoms with van der Waals surface area (Å²) < 4.78 is 5.57. The lowest BCUT2D eigenvalue weighted by molar-refractivity contribution is -0.137. The Morgan fingerprint density at radius 3 is 2.68 bits per heavy atom. The molecule has 0 bridgehead atoms. The molecule has 1 aromatic heterocycles. The molecule has 0 spiro atoms. The van der Waals surface area contributed by atoms with Crippen LogP contribution < -0.4 is 5.32 Å². The number of carbonyl (C=O) groups is 1. The Bertz CT molecular complexity index is 690. The highest BCUT2D eigenvalue weighted by Gasteiger charge is 2.40. The van der Waals surface area contributed by atoms with Gasteiger partial charge in [-0.05, 0) is 55.2 Å². The summed E-state index contributed by atoms with van der Waals surface area (Å²) in [5, 5.41) is 5.33. The second kappa shape index (κ2) is 8.15. The first-order valence-electron chi connectivity index (χ1n) is 9.15. The fourth-order valence-electron chi connectivity index (χ4n) is 3.44. The van der Waals surface area contributed by atoms with Crippen molar-refractivity contribution in [1.29, 1.82) is 0 Å². The van der Waals surface area contributed by atoms with Crippen LogP contribution in [0.5, 0.6) is 0 Å². The number of benzene rings is 1. The molecule has 3 rings (SSSR count). The van der Waals surface area contributed by atoms with Gasteiger partial charge >= 0.3 is 0 Å². The van der Waals surface area contributed by atoms with Gasteiger partial charge in [0.15, 0.2) is 0 Å². The molecule has 0 unspecified atom stereocenters. The van der Waals surface area contributed by atoms with Crippen LogP contribution >= 0.6 is 11.3 Å². The van der Waals surface area contributed by atoms with Gasteiger partial charge in [-0.1, -0.05) is 37.3 Å². The van der Waals surface area contributed by atoms with E-state index in [-0.39, 0.29) is 17.4 Å². The number of ether oxygens (including phenoxy) is 1. The predicted molar refractivity (Wildman–Crippen MR) is 104 cm³/mol. The highest BCUT2D eigenvalue weighted by atomic mass is 32.1. The van der Waals surface area contributed by atoms with Crippen molar-refractivity contribution in [1.82, 2.24) is 5.32 Å². The number of nitrogens with one attached hydrogen (secondary N) is 1. The monoisotopic (exact) mass is 357 g/mol. The summed E-state index contributed by atoms with van der Waals surface area (Å²) in [6.45, 7) is 5.50. The lowest BCUT2D eigenvalue weighted by Gasteiger charge is -2.37. The maximum absolute atomic E-state index is 13.1. The van der Waals surface area contributed by atoms with Gasteiger partial charge in [-0.2, -0.15) is 0 Å². The molecule has 134 valence electrons. The van der Waals surface area contributed by atoms with Crippen LogP contribution in [0.15, 0.2) is 41.8 Å². The third kappa shape index (κ3) is 4.13. The van der Waals surface area contributed by atoms with Crippen LogP contribution in [0.1, 0.15) is 38.7 Å². The van der Waals surface area contributed by atoms with Gasteiger partial charge in [0.1, 0.15) is 0 Å². The van der Waals surface area contributed by atoms with Crippen molar-refractivity contribution in [2.75, 3.05) is 13.2 Å².